The van der Waals surface area contributed by atoms with Crippen LogP contribution in [-0.4, -0.2) is 19.7 Å². The zero-order valence-corrected chi connectivity index (χ0v) is 10.5. The zero-order chi connectivity index (χ0) is 10.7. The van der Waals surface area contributed by atoms with E-state index in [9.17, 15) is 0 Å². The summed E-state index contributed by atoms with van der Waals surface area (Å²) in [6, 6.07) is 6.14. The standard InChI is InChI=1S/C12H16BrNO/c1-9-6-11(13)2-3-12(9)15-8-10-4-5-14-7-10/h2-3,6,10,14H,4-5,7-8H2,1H3/t10-/m1/s1. The summed E-state index contributed by atoms with van der Waals surface area (Å²) in [4.78, 5) is 0. The van der Waals surface area contributed by atoms with Crippen molar-refractivity contribution in [2.24, 2.45) is 5.92 Å². The van der Waals surface area contributed by atoms with Crippen LogP contribution in [-0.2, 0) is 0 Å². The van der Waals surface area contributed by atoms with Gasteiger partial charge in [-0.05, 0) is 43.7 Å². The van der Waals surface area contributed by atoms with E-state index in [0.717, 1.165) is 29.9 Å². The van der Waals surface area contributed by atoms with E-state index >= 15 is 0 Å². The van der Waals surface area contributed by atoms with Gasteiger partial charge in [-0.3, -0.25) is 0 Å². The SMILES string of the molecule is Cc1cc(Br)ccc1OC[C@@H]1CCNC1. The number of halogens is 1. The molecule has 1 aromatic carbocycles. The fraction of sp³-hybridized carbons (Fsp3) is 0.500. The third-order valence-corrected chi connectivity index (χ3v) is 3.27. The second-order valence-electron chi connectivity index (χ2n) is 4.08. The van der Waals surface area contributed by atoms with Crippen LogP contribution in [0.25, 0.3) is 0 Å². The Kier molecular flexibility index (Phi) is 3.65. The van der Waals surface area contributed by atoms with E-state index in [0.29, 0.717) is 5.92 Å². The van der Waals surface area contributed by atoms with E-state index in [1.54, 1.807) is 0 Å². The third kappa shape index (κ3) is 2.95. The lowest BCUT2D eigenvalue weighted by molar-refractivity contribution is 0.258. The summed E-state index contributed by atoms with van der Waals surface area (Å²) < 4.78 is 6.92. The topological polar surface area (TPSA) is 21.3 Å². The van der Waals surface area contributed by atoms with Crippen molar-refractivity contribution in [1.82, 2.24) is 5.32 Å². The minimum absolute atomic E-state index is 0.674. The highest BCUT2D eigenvalue weighted by atomic mass is 79.9. The Bertz CT molecular complexity index is 334. The van der Waals surface area contributed by atoms with Crippen LogP contribution in [0.4, 0.5) is 0 Å². The Morgan fingerprint density at radius 3 is 3.07 bits per heavy atom. The van der Waals surface area contributed by atoms with E-state index in [2.05, 4.69) is 34.2 Å². The molecule has 1 fully saturated rings. The zero-order valence-electron chi connectivity index (χ0n) is 8.92. The molecule has 15 heavy (non-hydrogen) atoms. The molecule has 0 amide bonds. The number of rotatable bonds is 3. The predicted octanol–water partition coefficient (Wildman–Crippen LogP) is 2.75. The van der Waals surface area contributed by atoms with Gasteiger partial charge >= 0.3 is 0 Å². The Morgan fingerprint density at radius 2 is 2.40 bits per heavy atom. The predicted molar refractivity (Wildman–Crippen MR) is 65.4 cm³/mol. The Labute approximate surface area is 99.1 Å². The fourth-order valence-electron chi connectivity index (χ4n) is 1.84. The van der Waals surface area contributed by atoms with Gasteiger partial charge in [0.25, 0.3) is 0 Å². The number of aryl methyl sites for hydroxylation is 1. The molecular weight excluding hydrogens is 254 g/mol. The average molecular weight is 270 g/mol. The van der Waals surface area contributed by atoms with E-state index in [1.165, 1.54) is 12.0 Å². The summed E-state index contributed by atoms with van der Waals surface area (Å²) in [5.74, 6) is 1.68. The molecular formula is C12H16BrNO. The summed E-state index contributed by atoms with van der Waals surface area (Å²) in [5, 5.41) is 3.34. The first kappa shape index (κ1) is 11.0. The van der Waals surface area contributed by atoms with Gasteiger partial charge in [-0.1, -0.05) is 15.9 Å². The van der Waals surface area contributed by atoms with Gasteiger partial charge < -0.3 is 10.1 Å². The quantitative estimate of drug-likeness (QED) is 0.911. The smallest absolute Gasteiger partial charge is 0.122 e. The minimum Gasteiger partial charge on any atom is -0.493 e. The van der Waals surface area contributed by atoms with Crippen LogP contribution in [0, 0.1) is 12.8 Å². The van der Waals surface area contributed by atoms with Crippen molar-refractivity contribution >= 4 is 15.9 Å². The van der Waals surface area contributed by atoms with Crippen LogP contribution in [0.2, 0.25) is 0 Å². The molecule has 2 rings (SSSR count). The second-order valence-corrected chi connectivity index (χ2v) is 5.00. The molecule has 82 valence electrons. The first-order valence-electron chi connectivity index (χ1n) is 5.35. The molecule has 0 aliphatic carbocycles. The molecule has 1 heterocycles. The third-order valence-electron chi connectivity index (χ3n) is 2.77. The average Bonchev–Trinajstić information content (AvgIpc) is 2.69. The molecule has 1 aliphatic rings. The van der Waals surface area contributed by atoms with Crippen molar-refractivity contribution < 1.29 is 4.74 Å². The van der Waals surface area contributed by atoms with Gasteiger partial charge in [-0.25, -0.2) is 0 Å². The molecule has 0 bridgehead atoms. The van der Waals surface area contributed by atoms with Gasteiger partial charge in [0, 0.05) is 16.9 Å². The lowest BCUT2D eigenvalue weighted by Gasteiger charge is -2.12. The minimum atomic E-state index is 0.674. The van der Waals surface area contributed by atoms with Crippen LogP contribution >= 0.6 is 15.9 Å². The fourth-order valence-corrected chi connectivity index (χ4v) is 2.31. The summed E-state index contributed by atoms with van der Waals surface area (Å²) in [6.07, 6.45) is 1.23. The maximum atomic E-state index is 5.81. The summed E-state index contributed by atoms with van der Waals surface area (Å²) in [5.41, 5.74) is 1.19. The molecule has 1 atom stereocenters. The van der Waals surface area contributed by atoms with Crippen LogP contribution in [0.15, 0.2) is 22.7 Å². The first-order chi connectivity index (χ1) is 7.25. The Balaban J connectivity index is 1.92. The van der Waals surface area contributed by atoms with Crippen molar-refractivity contribution in [3.63, 3.8) is 0 Å². The van der Waals surface area contributed by atoms with Crippen molar-refractivity contribution in [1.29, 1.82) is 0 Å². The molecule has 0 unspecified atom stereocenters. The lowest BCUT2D eigenvalue weighted by atomic mass is 10.1. The van der Waals surface area contributed by atoms with E-state index in [4.69, 9.17) is 4.74 Å². The molecule has 0 radical (unpaired) electrons. The van der Waals surface area contributed by atoms with Crippen molar-refractivity contribution in [3.05, 3.63) is 28.2 Å². The summed E-state index contributed by atoms with van der Waals surface area (Å²) in [6.45, 7) is 5.13. The molecule has 0 aromatic heterocycles. The Hall–Kier alpha value is -0.540. The van der Waals surface area contributed by atoms with Gasteiger partial charge in [-0.2, -0.15) is 0 Å². The van der Waals surface area contributed by atoms with Gasteiger partial charge in [0.2, 0.25) is 0 Å². The molecule has 1 N–H and O–H groups in total. The maximum absolute atomic E-state index is 5.81. The van der Waals surface area contributed by atoms with Crippen LogP contribution in [0.1, 0.15) is 12.0 Å². The number of nitrogens with one attached hydrogen (secondary N) is 1. The normalized spacial score (nSPS) is 20.5. The van der Waals surface area contributed by atoms with Gasteiger partial charge in [-0.15, -0.1) is 0 Å². The van der Waals surface area contributed by atoms with Crippen molar-refractivity contribution in [2.75, 3.05) is 19.7 Å². The number of ether oxygens (including phenoxy) is 1. The molecule has 1 saturated heterocycles. The number of benzene rings is 1. The van der Waals surface area contributed by atoms with Gasteiger partial charge in [0.1, 0.15) is 5.75 Å². The van der Waals surface area contributed by atoms with Crippen molar-refractivity contribution in [3.8, 4) is 5.75 Å². The lowest BCUT2D eigenvalue weighted by Crippen LogP contribution is -2.15. The molecule has 0 saturated carbocycles. The first-order valence-corrected chi connectivity index (χ1v) is 6.14. The summed E-state index contributed by atoms with van der Waals surface area (Å²) >= 11 is 3.45. The number of hydrogen-bond acceptors (Lipinski definition) is 2. The highest BCUT2D eigenvalue weighted by Crippen LogP contribution is 2.23. The molecule has 2 nitrogen and oxygen atoms in total. The molecule has 1 aliphatic heterocycles. The number of hydrogen-bond donors (Lipinski definition) is 1. The Morgan fingerprint density at radius 1 is 1.53 bits per heavy atom. The van der Waals surface area contributed by atoms with E-state index in [1.807, 2.05) is 12.1 Å². The van der Waals surface area contributed by atoms with Gasteiger partial charge in [0.05, 0.1) is 6.61 Å². The van der Waals surface area contributed by atoms with Crippen LogP contribution < -0.4 is 10.1 Å². The summed E-state index contributed by atoms with van der Waals surface area (Å²) in [7, 11) is 0. The largest absolute Gasteiger partial charge is 0.493 e. The molecule has 1 aromatic rings. The molecule has 0 spiro atoms. The van der Waals surface area contributed by atoms with E-state index in [-0.39, 0.29) is 0 Å². The monoisotopic (exact) mass is 269 g/mol. The van der Waals surface area contributed by atoms with Crippen LogP contribution in [0.3, 0.4) is 0 Å². The van der Waals surface area contributed by atoms with Crippen LogP contribution in [0.5, 0.6) is 5.75 Å². The van der Waals surface area contributed by atoms with Gasteiger partial charge in [0.15, 0.2) is 0 Å². The maximum Gasteiger partial charge on any atom is 0.122 e. The highest BCUT2D eigenvalue weighted by molar-refractivity contribution is 9.10. The van der Waals surface area contributed by atoms with Crippen molar-refractivity contribution in [2.45, 2.75) is 13.3 Å². The van der Waals surface area contributed by atoms with E-state index < -0.39 is 0 Å². The highest BCUT2D eigenvalue weighted by Gasteiger charge is 2.15. The molecule has 3 heteroatoms. The second kappa shape index (κ2) is 4.99.